The van der Waals surface area contributed by atoms with Crippen molar-refractivity contribution in [3.05, 3.63) is 20.8 Å². The molecule has 1 aliphatic rings. The molecule has 0 aliphatic carbocycles. The summed E-state index contributed by atoms with van der Waals surface area (Å²) in [6.45, 7) is 4.15. The molecule has 0 spiro atoms. The normalized spacial score (nSPS) is 18.8. The molecule has 1 aliphatic heterocycles. The van der Waals surface area contributed by atoms with Gasteiger partial charge in [-0.3, -0.25) is 9.59 Å². The van der Waals surface area contributed by atoms with Crippen LogP contribution in [0.1, 0.15) is 25.1 Å². The highest BCUT2D eigenvalue weighted by molar-refractivity contribution is 9.10. The molecule has 1 fully saturated rings. The Labute approximate surface area is 113 Å². The molecule has 1 saturated heterocycles. The van der Waals surface area contributed by atoms with Crippen LogP contribution < -0.4 is 0 Å². The SMILES string of the molecule is CC1(C)CC(=O)CN1C(=O)Cc1cc(Br)cs1. The van der Waals surface area contributed by atoms with Crippen molar-refractivity contribution in [2.45, 2.75) is 32.2 Å². The van der Waals surface area contributed by atoms with Crippen LogP contribution in [0, 0.1) is 0 Å². The van der Waals surface area contributed by atoms with Crippen LogP contribution in [-0.2, 0) is 16.0 Å². The summed E-state index contributed by atoms with van der Waals surface area (Å²) in [5, 5.41) is 1.96. The molecule has 2 rings (SSSR count). The number of rotatable bonds is 2. The van der Waals surface area contributed by atoms with Crippen LogP contribution in [0.3, 0.4) is 0 Å². The highest BCUT2D eigenvalue weighted by Gasteiger charge is 2.40. The van der Waals surface area contributed by atoms with Gasteiger partial charge in [0.25, 0.3) is 0 Å². The van der Waals surface area contributed by atoms with Gasteiger partial charge in [0.15, 0.2) is 5.78 Å². The summed E-state index contributed by atoms with van der Waals surface area (Å²) in [5.41, 5.74) is -0.331. The molecule has 17 heavy (non-hydrogen) atoms. The molecule has 0 aromatic carbocycles. The summed E-state index contributed by atoms with van der Waals surface area (Å²) in [4.78, 5) is 26.3. The summed E-state index contributed by atoms with van der Waals surface area (Å²) in [7, 11) is 0. The van der Waals surface area contributed by atoms with Crippen LogP contribution in [0.4, 0.5) is 0 Å². The number of Topliss-reactive ketones (excluding diaryl/α,β-unsaturated/α-hetero) is 1. The van der Waals surface area contributed by atoms with Gasteiger partial charge in [-0.05, 0) is 35.8 Å². The minimum absolute atomic E-state index is 0.0372. The Hall–Kier alpha value is -0.680. The molecule has 2 heterocycles. The van der Waals surface area contributed by atoms with Gasteiger partial charge in [-0.2, -0.15) is 0 Å². The quantitative estimate of drug-likeness (QED) is 0.841. The van der Waals surface area contributed by atoms with E-state index in [1.807, 2.05) is 25.3 Å². The topological polar surface area (TPSA) is 37.4 Å². The molecule has 92 valence electrons. The third-order valence-electron chi connectivity index (χ3n) is 2.94. The monoisotopic (exact) mass is 315 g/mol. The number of thiophene rings is 1. The molecule has 3 nitrogen and oxygen atoms in total. The van der Waals surface area contributed by atoms with E-state index in [1.165, 1.54) is 0 Å². The van der Waals surface area contributed by atoms with Crippen molar-refractivity contribution >= 4 is 39.0 Å². The molecule has 1 aromatic rings. The third-order valence-corrected chi connectivity index (χ3v) is 4.64. The van der Waals surface area contributed by atoms with E-state index in [2.05, 4.69) is 15.9 Å². The fourth-order valence-corrected chi connectivity index (χ4v) is 3.58. The van der Waals surface area contributed by atoms with Crippen LogP contribution in [-0.4, -0.2) is 28.7 Å². The maximum absolute atomic E-state index is 12.2. The largest absolute Gasteiger partial charge is 0.329 e. The summed E-state index contributed by atoms with van der Waals surface area (Å²) >= 11 is 4.93. The van der Waals surface area contributed by atoms with E-state index < -0.39 is 0 Å². The van der Waals surface area contributed by atoms with E-state index in [4.69, 9.17) is 0 Å². The zero-order chi connectivity index (χ0) is 12.6. The van der Waals surface area contributed by atoms with Crippen LogP contribution >= 0.6 is 27.3 Å². The number of ketones is 1. The first-order valence-corrected chi connectivity index (χ1v) is 7.11. The smallest absolute Gasteiger partial charge is 0.228 e. The lowest BCUT2D eigenvalue weighted by molar-refractivity contribution is -0.134. The lowest BCUT2D eigenvalue weighted by Crippen LogP contribution is -2.43. The first kappa shape index (κ1) is 12.8. The number of likely N-dealkylation sites (tertiary alicyclic amines) is 1. The molecule has 0 atom stereocenters. The number of halogens is 1. The molecule has 0 unspecified atom stereocenters. The van der Waals surface area contributed by atoms with Gasteiger partial charge >= 0.3 is 0 Å². The lowest BCUT2D eigenvalue weighted by Gasteiger charge is -2.30. The van der Waals surface area contributed by atoms with E-state index in [0.29, 0.717) is 12.8 Å². The highest BCUT2D eigenvalue weighted by Crippen LogP contribution is 2.28. The Bertz CT molecular complexity index is 467. The summed E-state index contributed by atoms with van der Waals surface area (Å²) < 4.78 is 1.00. The minimum Gasteiger partial charge on any atom is -0.329 e. The standard InChI is InChI=1S/C12H14BrNO2S/c1-12(2)5-9(15)6-14(12)11(16)4-10-3-8(13)7-17-10/h3,7H,4-6H2,1-2H3. The van der Waals surface area contributed by atoms with E-state index in [-0.39, 0.29) is 23.8 Å². The second-order valence-electron chi connectivity index (χ2n) is 4.92. The number of carbonyl (C=O) groups is 2. The predicted octanol–water partition coefficient (Wildman–Crippen LogP) is 2.63. The lowest BCUT2D eigenvalue weighted by atomic mass is 10.0. The molecular weight excluding hydrogens is 302 g/mol. The van der Waals surface area contributed by atoms with Crippen molar-refractivity contribution in [1.82, 2.24) is 4.90 Å². The van der Waals surface area contributed by atoms with Gasteiger partial charge in [-0.1, -0.05) is 0 Å². The average molecular weight is 316 g/mol. The fraction of sp³-hybridized carbons (Fsp3) is 0.500. The van der Waals surface area contributed by atoms with Crippen molar-refractivity contribution in [3.8, 4) is 0 Å². The average Bonchev–Trinajstić information content (AvgIpc) is 2.69. The Morgan fingerprint density at radius 2 is 2.29 bits per heavy atom. The van der Waals surface area contributed by atoms with Gasteiger partial charge in [0, 0.05) is 26.7 Å². The first-order valence-electron chi connectivity index (χ1n) is 5.43. The zero-order valence-electron chi connectivity index (χ0n) is 9.83. The minimum atomic E-state index is -0.331. The van der Waals surface area contributed by atoms with E-state index in [0.717, 1.165) is 9.35 Å². The van der Waals surface area contributed by atoms with Crippen molar-refractivity contribution in [3.63, 3.8) is 0 Å². The molecule has 0 bridgehead atoms. The van der Waals surface area contributed by atoms with E-state index >= 15 is 0 Å². The van der Waals surface area contributed by atoms with Crippen molar-refractivity contribution < 1.29 is 9.59 Å². The number of carbonyl (C=O) groups excluding carboxylic acids is 2. The number of nitrogens with zero attached hydrogens (tertiary/aromatic N) is 1. The van der Waals surface area contributed by atoms with Gasteiger partial charge in [0.05, 0.1) is 13.0 Å². The second kappa shape index (κ2) is 4.53. The number of hydrogen-bond acceptors (Lipinski definition) is 3. The second-order valence-corrected chi connectivity index (χ2v) is 6.83. The van der Waals surface area contributed by atoms with Gasteiger partial charge < -0.3 is 4.90 Å². The maximum atomic E-state index is 12.2. The van der Waals surface area contributed by atoms with Crippen LogP contribution in [0.5, 0.6) is 0 Å². The highest BCUT2D eigenvalue weighted by atomic mass is 79.9. The van der Waals surface area contributed by atoms with Gasteiger partial charge in [-0.15, -0.1) is 11.3 Å². The molecule has 5 heteroatoms. The summed E-state index contributed by atoms with van der Waals surface area (Å²) in [6, 6.07) is 1.95. The molecule has 0 saturated carbocycles. The molecular formula is C12H14BrNO2S. The maximum Gasteiger partial charge on any atom is 0.228 e. The van der Waals surface area contributed by atoms with Crippen LogP contribution in [0.2, 0.25) is 0 Å². The predicted molar refractivity (Wildman–Crippen MR) is 71.1 cm³/mol. The number of hydrogen-bond donors (Lipinski definition) is 0. The van der Waals surface area contributed by atoms with Gasteiger partial charge in [0.2, 0.25) is 5.91 Å². The molecule has 0 N–H and O–H groups in total. The van der Waals surface area contributed by atoms with Crippen LogP contribution in [0.15, 0.2) is 15.9 Å². The summed E-state index contributed by atoms with van der Waals surface area (Å²) in [6.07, 6.45) is 0.847. The van der Waals surface area contributed by atoms with Crippen LogP contribution in [0.25, 0.3) is 0 Å². The Balaban J connectivity index is 2.08. The van der Waals surface area contributed by atoms with Gasteiger partial charge in [0.1, 0.15) is 0 Å². The van der Waals surface area contributed by atoms with E-state index in [1.54, 1.807) is 16.2 Å². The van der Waals surface area contributed by atoms with Crippen molar-refractivity contribution in [1.29, 1.82) is 0 Å². The molecule has 0 radical (unpaired) electrons. The van der Waals surface area contributed by atoms with Crippen molar-refractivity contribution in [2.75, 3.05) is 6.54 Å². The third kappa shape index (κ3) is 2.77. The fourth-order valence-electron chi connectivity index (χ4n) is 2.14. The van der Waals surface area contributed by atoms with Crippen molar-refractivity contribution in [2.24, 2.45) is 0 Å². The number of amides is 1. The van der Waals surface area contributed by atoms with Gasteiger partial charge in [-0.25, -0.2) is 0 Å². The molecule has 1 amide bonds. The zero-order valence-corrected chi connectivity index (χ0v) is 12.2. The Morgan fingerprint density at radius 1 is 1.59 bits per heavy atom. The Morgan fingerprint density at radius 3 is 2.76 bits per heavy atom. The van der Waals surface area contributed by atoms with E-state index in [9.17, 15) is 9.59 Å². The summed E-state index contributed by atoms with van der Waals surface area (Å²) in [5.74, 6) is 0.186. The molecule has 1 aromatic heterocycles. The Kier molecular flexibility index (Phi) is 3.41. The first-order chi connectivity index (χ1) is 7.88.